The zero-order valence-electron chi connectivity index (χ0n) is 17.2. The minimum absolute atomic E-state index is 0.252. The number of esters is 1. The van der Waals surface area contributed by atoms with E-state index in [0.29, 0.717) is 5.69 Å². The van der Waals surface area contributed by atoms with Crippen molar-refractivity contribution in [3.63, 3.8) is 0 Å². The van der Waals surface area contributed by atoms with Gasteiger partial charge in [0.15, 0.2) is 6.61 Å². The number of rotatable bonds is 6. The molecule has 31 heavy (non-hydrogen) atoms. The number of carbonyl (C=O) groups excluding carboxylic acids is 4. The first kappa shape index (κ1) is 20.6. The maximum Gasteiger partial charge on any atom is 0.329 e. The summed E-state index contributed by atoms with van der Waals surface area (Å²) >= 11 is 0. The normalized spacial score (nSPS) is 16.3. The first-order chi connectivity index (χ1) is 15.0. The van der Waals surface area contributed by atoms with E-state index in [1.165, 1.54) is 31.9 Å². The van der Waals surface area contributed by atoms with Gasteiger partial charge in [-0.1, -0.05) is 12.1 Å². The monoisotopic (exact) mass is 421 g/mol. The largest absolute Gasteiger partial charge is 0.454 e. The Hall–Kier alpha value is -3.68. The topological polar surface area (TPSA) is 96.0 Å². The summed E-state index contributed by atoms with van der Waals surface area (Å²) in [5.41, 5.74) is 2.21. The molecule has 2 aliphatic rings. The van der Waals surface area contributed by atoms with Crippen molar-refractivity contribution in [2.75, 3.05) is 29.9 Å². The van der Waals surface area contributed by atoms with E-state index in [1.807, 2.05) is 12.1 Å². The molecule has 8 nitrogen and oxygen atoms in total. The summed E-state index contributed by atoms with van der Waals surface area (Å²) in [5.74, 6) is -2.42. The van der Waals surface area contributed by atoms with Crippen LogP contribution in [0.15, 0.2) is 48.5 Å². The van der Waals surface area contributed by atoms with Crippen LogP contribution in [0, 0.1) is 0 Å². The molecule has 2 aliphatic heterocycles. The molecule has 0 spiro atoms. The summed E-state index contributed by atoms with van der Waals surface area (Å²) in [7, 11) is 0. The summed E-state index contributed by atoms with van der Waals surface area (Å²) in [6, 6.07) is 12.7. The van der Waals surface area contributed by atoms with E-state index >= 15 is 0 Å². The van der Waals surface area contributed by atoms with Gasteiger partial charge in [0.25, 0.3) is 17.7 Å². The van der Waals surface area contributed by atoms with Crippen LogP contribution < -0.4 is 10.2 Å². The van der Waals surface area contributed by atoms with E-state index in [0.717, 1.165) is 23.7 Å². The fourth-order valence-corrected chi connectivity index (χ4v) is 3.85. The van der Waals surface area contributed by atoms with Gasteiger partial charge in [0.1, 0.15) is 6.04 Å². The molecule has 8 heteroatoms. The molecule has 1 saturated heterocycles. The van der Waals surface area contributed by atoms with E-state index in [1.54, 1.807) is 24.3 Å². The van der Waals surface area contributed by atoms with E-state index in [-0.39, 0.29) is 11.1 Å². The minimum atomic E-state index is -1.14. The zero-order valence-corrected chi connectivity index (χ0v) is 17.2. The van der Waals surface area contributed by atoms with Gasteiger partial charge in [-0.25, -0.2) is 4.79 Å². The van der Waals surface area contributed by atoms with Crippen molar-refractivity contribution < 1.29 is 23.9 Å². The number of hydrogen-bond donors (Lipinski definition) is 1. The second-order valence-electron chi connectivity index (χ2n) is 7.60. The number of carbonyl (C=O) groups is 4. The highest BCUT2D eigenvalue weighted by Gasteiger charge is 2.41. The molecule has 1 N–H and O–H groups in total. The Morgan fingerprint density at radius 2 is 1.55 bits per heavy atom. The highest BCUT2D eigenvalue weighted by Crippen LogP contribution is 2.25. The maximum absolute atomic E-state index is 12.5. The van der Waals surface area contributed by atoms with E-state index in [2.05, 4.69) is 10.2 Å². The SMILES string of the molecule is CC(C(=O)OCC(=O)Nc1ccc(N2CCCC2)cc1)N1C(=O)c2ccccc2C1=O. The van der Waals surface area contributed by atoms with Gasteiger partial charge in [0, 0.05) is 24.5 Å². The fourth-order valence-electron chi connectivity index (χ4n) is 3.85. The van der Waals surface area contributed by atoms with E-state index < -0.39 is 36.3 Å². The standard InChI is InChI=1S/C23H23N3O5/c1-15(26-21(28)18-6-2-3-7-19(18)22(26)29)23(30)31-14-20(27)24-16-8-10-17(11-9-16)25-12-4-5-13-25/h2-3,6-11,15H,4-5,12-14H2,1H3,(H,24,27). The molecule has 1 fully saturated rings. The highest BCUT2D eigenvalue weighted by molar-refractivity contribution is 6.22. The summed E-state index contributed by atoms with van der Waals surface area (Å²) in [4.78, 5) is 52.6. The number of amides is 3. The van der Waals surface area contributed by atoms with Crippen molar-refractivity contribution in [1.82, 2.24) is 4.90 Å². The van der Waals surface area contributed by atoms with Crippen molar-refractivity contribution in [3.05, 3.63) is 59.7 Å². The molecule has 0 aromatic heterocycles. The minimum Gasteiger partial charge on any atom is -0.454 e. The van der Waals surface area contributed by atoms with Crippen LogP contribution in [0.4, 0.5) is 11.4 Å². The van der Waals surface area contributed by atoms with Crippen LogP contribution in [-0.2, 0) is 14.3 Å². The number of benzene rings is 2. The summed E-state index contributed by atoms with van der Waals surface area (Å²) in [6.07, 6.45) is 2.37. The molecule has 2 heterocycles. The first-order valence-corrected chi connectivity index (χ1v) is 10.2. The third-order valence-corrected chi connectivity index (χ3v) is 5.52. The second-order valence-corrected chi connectivity index (χ2v) is 7.60. The van der Waals surface area contributed by atoms with Gasteiger partial charge in [-0.15, -0.1) is 0 Å². The van der Waals surface area contributed by atoms with Crippen molar-refractivity contribution in [2.24, 2.45) is 0 Å². The van der Waals surface area contributed by atoms with E-state index in [4.69, 9.17) is 4.74 Å². The number of anilines is 2. The molecule has 0 saturated carbocycles. The Morgan fingerprint density at radius 1 is 0.968 bits per heavy atom. The van der Waals surface area contributed by atoms with Crippen molar-refractivity contribution in [2.45, 2.75) is 25.8 Å². The fraction of sp³-hybridized carbons (Fsp3) is 0.304. The van der Waals surface area contributed by atoms with Gasteiger partial charge in [0.2, 0.25) is 0 Å². The van der Waals surface area contributed by atoms with Gasteiger partial charge >= 0.3 is 5.97 Å². The smallest absolute Gasteiger partial charge is 0.329 e. The molecule has 160 valence electrons. The van der Waals surface area contributed by atoms with Crippen LogP contribution in [0.3, 0.4) is 0 Å². The van der Waals surface area contributed by atoms with Crippen LogP contribution in [0.1, 0.15) is 40.5 Å². The third-order valence-electron chi connectivity index (χ3n) is 5.52. The Balaban J connectivity index is 1.30. The number of imide groups is 1. The van der Waals surface area contributed by atoms with Crippen LogP contribution in [0.25, 0.3) is 0 Å². The van der Waals surface area contributed by atoms with Crippen molar-refractivity contribution in [1.29, 1.82) is 0 Å². The molecule has 4 rings (SSSR count). The Morgan fingerprint density at radius 3 is 2.13 bits per heavy atom. The lowest BCUT2D eigenvalue weighted by atomic mass is 10.1. The predicted molar refractivity (Wildman–Crippen MR) is 114 cm³/mol. The lowest BCUT2D eigenvalue weighted by Crippen LogP contribution is -2.44. The van der Waals surface area contributed by atoms with E-state index in [9.17, 15) is 19.2 Å². The number of nitrogens with one attached hydrogen (secondary N) is 1. The van der Waals surface area contributed by atoms with Crippen molar-refractivity contribution >= 4 is 35.1 Å². The number of ether oxygens (including phenoxy) is 1. The Bertz CT molecular complexity index is 993. The van der Waals surface area contributed by atoms with Crippen molar-refractivity contribution in [3.8, 4) is 0 Å². The second kappa shape index (κ2) is 8.59. The van der Waals surface area contributed by atoms with Gasteiger partial charge in [0.05, 0.1) is 11.1 Å². The molecular weight excluding hydrogens is 398 g/mol. The summed E-state index contributed by atoms with van der Waals surface area (Å²) in [6.45, 7) is 2.96. The van der Waals surface area contributed by atoms with Gasteiger partial charge in [-0.3, -0.25) is 19.3 Å². The quantitative estimate of drug-likeness (QED) is 0.569. The lowest BCUT2D eigenvalue weighted by Gasteiger charge is -2.20. The Labute approximate surface area is 179 Å². The zero-order chi connectivity index (χ0) is 22.0. The van der Waals surface area contributed by atoms with Gasteiger partial charge in [-0.05, 0) is 56.2 Å². The molecule has 0 aliphatic carbocycles. The van der Waals surface area contributed by atoms with Gasteiger partial charge in [-0.2, -0.15) is 0 Å². The Kier molecular flexibility index (Phi) is 5.70. The molecule has 3 amide bonds. The average Bonchev–Trinajstić information content (AvgIpc) is 3.40. The van der Waals surface area contributed by atoms with Gasteiger partial charge < -0.3 is 15.0 Å². The number of nitrogens with zero attached hydrogens (tertiary/aromatic N) is 2. The highest BCUT2D eigenvalue weighted by atomic mass is 16.5. The lowest BCUT2D eigenvalue weighted by molar-refractivity contribution is -0.150. The van der Waals surface area contributed by atoms with Crippen LogP contribution >= 0.6 is 0 Å². The molecular formula is C23H23N3O5. The molecule has 0 radical (unpaired) electrons. The van der Waals surface area contributed by atoms with Crippen LogP contribution in [0.2, 0.25) is 0 Å². The molecule has 0 bridgehead atoms. The number of hydrogen-bond acceptors (Lipinski definition) is 6. The first-order valence-electron chi connectivity index (χ1n) is 10.2. The predicted octanol–water partition coefficient (Wildman–Crippen LogP) is 2.45. The molecule has 2 aromatic rings. The third kappa shape index (κ3) is 4.14. The number of fused-ring (bicyclic) bond motifs is 1. The molecule has 2 aromatic carbocycles. The summed E-state index contributed by atoms with van der Waals surface area (Å²) in [5, 5.41) is 2.67. The average molecular weight is 421 g/mol. The maximum atomic E-state index is 12.5. The molecule has 1 unspecified atom stereocenters. The summed E-state index contributed by atoms with van der Waals surface area (Å²) < 4.78 is 5.05. The molecule has 1 atom stereocenters. The van der Waals surface area contributed by atoms with Crippen LogP contribution in [-0.4, -0.2) is 54.3 Å². The van der Waals surface area contributed by atoms with Crippen LogP contribution in [0.5, 0.6) is 0 Å².